The smallest absolute Gasteiger partial charge is 0.414 e. The molecule has 2 aromatic rings. The molecular weight excluding hydrogens is 354 g/mol. The SMILES string of the molecule is CCC(CC)C(NC(=O)Nc1cccc(N2CCOC2=O)c1)c1ccccc1. The summed E-state index contributed by atoms with van der Waals surface area (Å²) in [5, 5.41) is 6.02. The molecule has 28 heavy (non-hydrogen) atoms. The molecule has 0 aliphatic carbocycles. The standard InChI is InChI=1S/C22H27N3O3/c1-3-16(4-2)20(17-9-6-5-7-10-17)24-21(26)23-18-11-8-12-19(15-18)25-13-14-28-22(25)27/h5-12,15-16,20H,3-4,13-14H2,1-2H3,(H2,23,24,26). The molecule has 0 bridgehead atoms. The molecule has 0 spiro atoms. The van der Waals surface area contributed by atoms with Gasteiger partial charge in [0.05, 0.1) is 12.6 Å². The van der Waals surface area contributed by atoms with Gasteiger partial charge in [-0.05, 0) is 29.7 Å². The molecule has 1 aliphatic heterocycles. The molecule has 1 heterocycles. The average Bonchev–Trinajstić information content (AvgIpc) is 3.15. The van der Waals surface area contributed by atoms with Crippen LogP contribution < -0.4 is 15.5 Å². The number of ether oxygens (including phenoxy) is 1. The molecule has 1 saturated heterocycles. The minimum Gasteiger partial charge on any atom is -0.447 e. The number of amides is 3. The Balaban J connectivity index is 1.72. The highest BCUT2D eigenvalue weighted by Crippen LogP contribution is 2.28. The molecular formula is C22H27N3O3. The lowest BCUT2D eigenvalue weighted by atomic mass is 9.89. The molecule has 3 rings (SSSR count). The van der Waals surface area contributed by atoms with Gasteiger partial charge >= 0.3 is 12.1 Å². The van der Waals surface area contributed by atoms with E-state index in [1.54, 1.807) is 17.0 Å². The topological polar surface area (TPSA) is 70.7 Å². The normalized spacial score (nSPS) is 14.7. The fourth-order valence-corrected chi connectivity index (χ4v) is 3.58. The first-order valence-electron chi connectivity index (χ1n) is 9.79. The van der Waals surface area contributed by atoms with E-state index in [1.807, 2.05) is 42.5 Å². The van der Waals surface area contributed by atoms with Crippen molar-refractivity contribution in [1.29, 1.82) is 0 Å². The summed E-state index contributed by atoms with van der Waals surface area (Å²) in [6.45, 7) is 5.18. The monoisotopic (exact) mass is 381 g/mol. The third-order valence-corrected chi connectivity index (χ3v) is 5.14. The van der Waals surface area contributed by atoms with E-state index in [1.165, 1.54) is 0 Å². The van der Waals surface area contributed by atoms with Gasteiger partial charge in [0, 0.05) is 11.4 Å². The molecule has 6 heteroatoms. The molecule has 6 nitrogen and oxygen atoms in total. The molecule has 3 amide bonds. The quantitative estimate of drug-likeness (QED) is 0.713. The van der Waals surface area contributed by atoms with Crippen molar-refractivity contribution in [3.63, 3.8) is 0 Å². The first-order valence-corrected chi connectivity index (χ1v) is 9.79. The number of carbonyl (C=O) groups is 2. The molecule has 2 aromatic carbocycles. The Morgan fingerprint density at radius 2 is 1.86 bits per heavy atom. The van der Waals surface area contributed by atoms with Gasteiger partial charge in [0.25, 0.3) is 0 Å². The second kappa shape index (κ2) is 9.26. The Morgan fingerprint density at radius 3 is 2.50 bits per heavy atom. The molecule has 0 saturated carbocycles. The van der Waals surface area contributed by atoms with Crippen molar-refractivity contribution in [2.75, 3.05) is 23.4 Å². The first kappa shape index (κ1) is 19.7. The van der Waals surface area contributed by atoms with Gasteiger partial charge in [0.1, 0.15) is 6.61 Å². The lowest BCUT2D eigenvalue weighted by Gasteiger charge is -2.27. The van der Waals surface area contributed by atoms with Crippen molar-refractivity contribution in [3.8, 4) is 0 Å². The van der Waals surface area contributed by atoms with Crippen molar-refractivity contribution < 1.29 is 14.3 Å². The number of nitrogens with zero attached hydrogens (tertiary/aromatic N) is 1. The van der Waals surface area contributed by atoms with Gasteiger partial charge in [-0.25, -0.2) is 9.59 Å². The van der Waals surface area contributed by atoms with Crippen molar-refractivity contribution >= 4 is 23.5 Å². The maximum atomic E-state index is 12.7. The van der Waals surface area contributed by atoms with Gasteiger partial charge in [0.2, 0.25) is 0 Å². The zero-order chi connectivity index (χ0) is 19.9. The van der Waals surface area contributed by atoms with Crippen LogP contribution >= 0.6 is 0 Å². The van der Waals surface area contributed by atoms with Crippen LogP contribution in [0.25, 0.3) is 0 Å². The average molecular weight is 381 g/mol. The van der Waals surface area contributed by atoms with Gasteiger partial charge in [-0.1, -0.05) is 63.1 Å². The lowest BCUT2D eigenvalue weighted by molar-refractivity contribution is 0.181. The Morgan fingerprint density at radius 1 is 1.11 bits per heavy atom. The molecule has 1 atom stereocenters. The molecule has 1 fully saturated rings. The van der Waals surface area contributed by atoms with E-state index in [0.29, 0.717) is 30.4 Å². The Labute approximate surface area is 165 Å². The number of benzene rings is 2. The summed E-state index contributed by atoms with van der Waals surface area (Å²) < 4.78 is 4.98. The van der Waals surface area contributed by atoms with E-state index in [9.17, 15) is 9.59 Å². The Hall–Kier alpha value is -3.02. The minimum atomic E-state index is -0.362. The van der Waals surface area contributed by atoms with E-state index >= 15 is 0 Å². The van der Waals surface area contributed by atoms with Gasteiger partial charge in [0.15, 0.2) is 0 Å². The van der Waals surface area contributed by atoms with Crippen molar-refractivity contribution in [2.24, 2.45) is 5.92 Å². The largest absolute Gasteiger partial charge is 0.447 e. The molecule has 0 radical (unpaired) electrons. The number of hydrogen-bond donors (Lipinski definition) is 2. The molecule has 2 N–H and O–H groups in total. The van der Waals surface area contributed by atoms with Gasteiger partial charge in [-0.2, -0.15) is 0 Å². The maximum Gasteiger partial charge on any atom is 0.414 e. The molecule has 1 unspecified atom stereocenters. The summed E-state index contributed by atoms with van der Waals surface area (Å²) in [5.74, 6) is 0.346. The zero-order valence-electron chi connectivity index (χ0n) is 16.4. The second-order valence-electron chi connectivity index (χ2n) is 6.88. The Bertz CT molecular complexity index is 806. The first-order chi connectivity index (χ1) is 13.6. The van der Waals surface area contributed by atoms with Crippen molar-refractivity contribution in [3.05, 3.63) is 60.2 Å². The van der Waals surface area contributed by atoms with Crippen LogP contribution in [-0.2, 0) is 4.74 Å². The van der Waals surface area contributed by atoms with Crippen LogP contribution in [0.15, 0.2) is 54.6 Å². The lowest BCUT2D eigenvalue weighted by Crippen LogP contribution is -2.36. The van der Waals surface area contributed by atoms with Crippen LogP contribution in [0.1, 0.15) is 38.3 Å². The fourth-order valence-electron chi connectivity index (χ4n) is 3.58. The maximum absolute atomic E-state index is 12.7. The van der Waals surface area contributed by atoms with E-state index in [4.69, 9.17) is 4.74 Å². The van der Waals surface area contributed by atoms with Crippen LogP contribution in [0.2, 0.25) is 0 Å². The van der Waals surface area contributed by atoms with Crippen LogP contribution in [0.3, 0.4) is 0 Å². The van der Waals surface area contributed by atoms with Gasteiger partial charge in [-0.15, -0.1) is 0 Å². The predicted octanol–water partition coefficient (Wildman–Crippen LogP) is 4.94. The summed E-state index contributed by atoms with van der Waals surface area (Å²) in [7, 11) is 0. The highest BCUT2D eigenvalue weighted by molar-refractivity contribution is 5.93. The minimum absolute atomic E-state index is 0.0621. The summed E-state index contributed by atoms with van der Waals surface area (Å²) >= 11 is 0. The summed E-state index contributed by atoms with van der Waals surface area (Å²) in [5.41, 5.74) is 2.44. The molecule has 0 aromatic heterocycles. The van der Waals surface area contributed by atoms with E-state index < -0.39 is 0 Å². The number of urea groups is 1. The van der Waals surface area contributed by atoms with Crippen molar-refractivity contribution in [1.82, 2.24) is 5.32 Å². The number of cyclic esters (lactones) is 1. The fraction of sp³-hybridized carbons (Fsp3) is 0.364. The molecule has 148 valence electrons. The summed E-state index contributed by atoms with van der Waals surface area (Å²) in [6, 6.07) is 16.9. The Kier molecular flexibility index (Phi) is 6.53. The number of hydrogen-bond acceptors (Lipinski definition) is 3. The van der Waals surface area contributed by atoms with E-state index in [2.05, 4.69) is 24.5 Å². The number of nitrogens with one attached hydrogen (secondary N) is 2. The second-order valence-corrected chi connectivity index (χ2v) is 6.88. The third kappa shape index (κ3) is 4.63. The van der Waals surface area contributed by atoms with Crippen LogP contribution in [0.4, 0.5) is 21.0 Å². The predicted molar refractivity (Wildman–Crippen MR) is 111 cm³/mol. The number of anilines is 2. The van der Waals surface area contributed by atoms with Crippen LogP contribution in [0.5, 0.6) is 0 Å². The third-order valence-electron chi connectivity index (χ3n) is 5.14. The van der Waals surface area contributed by atoms with E-state index in [-0.39, 0.29) is 18.2 Å². The summed E-state index contributed by atoms with van der Waals surface area (Å²) in [4.78, 5) is 26.0. The number of rotatable bonds is 7. The van der Waals surface area contributed by atoms with Gasteiger partial charge in [-0.3, -0.25) is 4.90 Å². The van der Waals surface area contributed by atoms with Crippen LogP contribution in [-0.4, -0.2) is 25.3 Å². The summed E-state index contributed by atoms with van der Waals surface area (Å²) in [6.07, 6.45) is 1.59. The van der Waals surface area contributed by atoms with Crippen LogP contribution in [0, 0.1) is 5.92 Å². The zero-order valence-corrected chi connectivity index (χ0v) is 16.4. The highest BCUT2D eigenvalue weighted by Gasteiger charge is 2.24. The highest BCUT2D eigenvalue weighted by atomic mass is 16.6. The number of carbonyl (C=O) groups excluding carboxylic acids is 2. The van der Waals surface area contributed by atoms with Gasteiger partial charge < -0.3 is 15.4 Å². The molecule has 1 aliphatic rings. The van der Waals surface area contributed by atoms with E-state index in [0.717, 1.165) is 18.4 Å². The van der Waals surface area contributed by atoms with Crippen molar-refractivity contribution in [2.45, 2.75) is 32.7 Å².